The fourth-order valence-corrected chi connectivity index (χ4v) is 2.60. The van der Waals surface area contributed by atoms with E-state index >= 15 is 0 Å². The second kappa shape index (κ2) is 5.02. The molecule has 16 heavy (non-hydrogen) atoms. The summed E-state index contributed by atoms with van der Waals surface area (Å²) < 4.78 is 1.14. The molecular formula is C13H17BrN2. The third-order valence-corrected chi connectivity index (χ3v) is 3.66. The first-order chi connectivity index (χ1) is 7.70. The van der Waals surface area contributed by atoms with E-state index < -0.39 is 0 Å². The highest BCUT2D eigenvalue weighted by atomic mass is 79.9. The van der Waals surface area contributed by atoms with Crippen LogP contribution in [0.15, 0.2) is 34.3 Å². The predicted octanol–water partition coefficient (Wildman–Crippen LogP) is 3.06. The molecule has 0 bridgehead atoms. The van der Waals surface area contributed by atoms with E-state index in [1.54, 1.807) is 0 Å². The van der Waals surface area contributed by atoms with Crippen molar-refractivity contribution in [1.29, 1.82) is 0 Å². The van der Waals surface area contributed by atoms with Gasteiger partial charge in [0, 0.05) is 24.1 Å². The average molecular weight is 281 g/mol. The van der Waals surface area contributed by atoms with E-state index in [0.29, 0.717) is 6.54 Å². The maximum Gasteiger partial charge on any atom is 0.0513 e. The van der Waals surface area contributed by atoms with Gasteiger partial charge in [-0.15, -0.1) is 0 Å². The minimum Gasteiger partial charge on any atom is -0.367 e. The summed E-state index contributed by atoms with van der Waals surface area (Å²) in [5.41, 5.74) is 9.54. The van der Waals surface area contributed by atoms with Crippen LogP contribution >= 0.6 is 15.9 Å². The largest absolute Gasteiger partial charge is 0.367 e. The van der Waals surface area contributed by atoms with Gasteiger partial charge in [0.1, 0.15) is 0 Å². The molecule has 0 atom stereocenters. The molecule has 2 nitrogen and oxygen atoms in total. The zero-order valence-electron chi connectivity index (χ0n) is 9.54. The fraction of sp³-hybridized carbons (Fsp3) is 0.385. The zero-order chi connectivity index (χ0) is 11.5. The van der Waals surface area contributed by atoms with Gasteiger partial charge in [0.25, 0.3) is 0 Å². The van der Waals surface area contributed by atoms with E-state index in [-0.39, 0.29) is 0 Å². The standard InChI is InChI=1S/C13H17BrN2/c1-10-4-6-16(7-5-10)13-3-2-11(9-15)8-12(13)14/h2-4,8H,5-7,9,15H2,1H3. The van der Waals surface area contributed by atoms with E-state index in [2.05, 4.69) is 52.0 Å². The summed E-state index contributed by atoms with van der Waals surface area (Å²) in [6.45, 7) is 4.90. The number of rotatable bonds is 2. The molecule has 1 heterocycles. The molecule has 1 aliphatic heterocycles. The minimum atomic E-state index is 0.595. The second-order valence-electron chi connectivity index (χ2n) is 4.24. The van der Waals surface area contributed by atoms with Crippen LogP contribution in [-0.4, -0.2) is 13.1 Å². The lowest BCUT2D eigenvalue weighted by Crippen LogP contribution is -2.28. The summed E-state index contributed by atoms with van der Waals surface area (Å²) in [6.07, 6.45) is 3.46. The third-order valence-electron chi connectivity index (χ3n) is 3.02. The number of anilines is 1. The van der Waals surface area contributed by atoms with Gasteiger partial charge < -0.3 is 10.6 Å². The molecular weight excluding hydrogens is 264 g/mol. The highest BCUT2D eigenvalue weighted by Gasteiger charge is 2.12. The summed E-state index contributed by atoms with van der Waals surface area (Å²) in [7, 11) is 0. The smallest absolute Gasteiger partial charge is 0.0513 e. The Hall–Kier alpha value is -0.800. The molecule has 0 amide bonds. The van der Waals surface area contributed by atoms with E-state index in [9.17, 15) is 0 Å². The highest BCUT2D eigenvalue weighted by molar-refractivity contribution is 9.10. The summed E-state index contributed by atoms with van der Waals surface area (Å²) in [4.78, 5) is 2.39. The number of benzene rings is 1. The van der Waals surface area contributed by atoms with E-state index in [1.807, 2.05) is 0 Å². The number of nitrogens with zero attached hydrogens (tertiary/aromatic N) is 1. The first kappa shape index (κ1) is 11.7. The monoisotopic (exact) mass is 280 g/mol. The molecule has 2 rings (SSSR count). The van der Waals surface area contributed by atoms with E-state index in [1.165, 1.54) is 16.8 Å². The topological polar surface area (TPSA) is 29.3 Å². The molecule has 0 saturated carbocycles. The van der Waals surface area contributed by atoms with Crippen LogP contribution < -0.4 is 10.6 Å². The Bertz CT molecular complexity index is 412. The highest BCUT2D eigenvalue weighted by Crippen LogP contribution is 2.29. The van der Waals surface area contributed by atoms with Gasteiger partial charge in [-0.05, 0) is 47.0 Å². The molecule has 0 radical (unpaired) electrons. The van der Waals surface area contributed by atoms with Crippen molar-refractivity contribution in [2.45, 2.75) is 19.9 Å². The minimum absolute atomic E-state index is 0.595. The maximum atomic E-state index is 5.62. The van der Waals surface area contributed by atoms with Gasteiger partial charge in [-0.25, -0.2) is 0 Å². The van der Waals surface area contributed by atoms with Crippen LogP contribution in [0.2, 0.25) is 0 Å². The lowest BCUT2D eigenvalue weighted by atomic mass is 10.1. The molecule has 0 unspecified atom stereocenters. The SMILES string of the molecule is CC1=CCN(c2ccc(CN)cc2Br)CC1. The molecule has 1 aromatic carbocycles. The Labute approximate surface area is 105 Å². The Morgan fingerprint density at radius 1 is 1.44 bits per heavy atom. The molecule has 1 aliphatic rings. The van der Waals surface area contributed by atoms with Gasteiger partial charge in [-0.3, -0.25) is 0 Å². The number of hydrogen-bond donors (Lipinski definition) is 1. The van der Waals surface area contributed by atoms with Crippen LogP contribution in [0, 0.1) is 0 Å². The first-order valence-electron chi connectivity index (χ1n) is 5.60. The van der Waals surface area contributed by atoms with Gasteiger partial charge in [-0.1, -0.05) is 17.7 Å². The lowest BCUT2D eigenvalue weighted by Gasteiger charge is -2.28. The van der Waals surface area contributed by atoms with Gasteiger partial charge in [0.05, 0.1) is 5.69 Å². The number of nitrogens with two attached hydrogens (primary N) is 1. The van der Waals surface area contributed by atoms with Crippen molar-refractivity contribution < 1.29 is 0 Å². The van der Waals surface area contributed by atoms with E-state index in [0.717, 1.165) is 24.0 Å². The lowest BCUT2D eigenvalue weighted by molar-refractivity contribution is 0.786. The molecule has 0 fully saturated rings. The molecule has 86 valence electrons. The Balaban J connectivity index is 2.21. The maximum absolute atomic E-state index is 5.62. The third kappa shape index (κ3) is 2.47. The summed E-state index contributed by atoms with van der Waals surface area (Å²) in [5, 5.41) is 0. The molecule has 1 aromatic rings. The van der Waals surface area contributed by atoms with Gasteiger partial charge in [-0.2, -0.15) is 0 Å². The Morgan fingerprint density at radius 2 is 2.25 bits per heavy atom. The predicted molar refractivity (Wildman–Crippen MR) is 72.6 cm³/mol. The average Bonchev–Trinajstić information content (AvgIpc) is 2.30. The first-order valence-corrected chi connectivity index (χ1v) is 6.39. The molecule has 0 spiro atoms. The van der Waals surface area contributed by atoms with Crippen molar-refractivity contribution in [1.82, 2.24) is 0 Å². The van der Waals surface area contributed by atoms with Gasteiger partial charge >= 0.3 is 0 Å². The second-order valence-corrected chi connectivity index (χ2v) is 5.09. The van der Waals surface area contributed by atoms with Crippen LogP contribution in [-0.2, 0) is 6.54 Å². The van der Waals surface area contributed by atoms with Crippen LogP contribution in [0.25, 0.3) is 0 Å². The quantitative estimate of drug-likeness (QED) is 0.844. The summed E-state index contributed by atoms with van der Waals surface area (Å²) in [6, 6.07) is 6.37. The Morgan fingerprint density at radius 3 is 2.81 bits per heavy atom. The van der Waals surface area contributed by atoms with Crippen LogP contribution in [0.1, 0.15) is 18.9 Å². The molecule has 0 saturated heterocycles. The van der Waals surface area contributed by atoms with Crippen molar-refractivity contribution in [3.8, 4) is 0 Å². The summed E-state index contributed by atoms with van der Waals surface area (Å²) in [5.74, 6) is 0. The molecule has 3 heteroatoms. The van der Waals surface area contributed by atoms with E-state index in [4.69, 9.17) is 5.73 Å². The van der Waals surface area contributed by atoms with Crippen LogP contribution in [0.4, 0.5) is 5.69 Å². The molecule has 2 N–H and O–H groups in total. The van der Waals surface area contributed by atoms with Crippen LogP contribution in [0.5, 0.6) is 0 Å². The van der Waals surface area contributed by atoms with Gasteiger partial charge in [0.15, 0.2) is 0 Å². The van der Waals surface area contributed by atoms with Crippen molar-refractivity contribution in [3.05, 3.63) is 39.9 Å². The van der Waals surface area contributed by atoms with Crippen molar-refractivity contribution in [2.75, 3.05) is 18.0 Å². The summed E-state index contributed by atoms with van der Waals surface area (Å²) >= 11 is 3.62. The zero-order valence-corrected chi connectivity index (χ0v) is 11.1. The fourth-order valence-electron chi connectivity index (χ4n) is 1.92. The normalized spacial score (nSPS) is 16.2. The number of hydrogen-bond acceptors (Lipinski definition) is 2. The van der Waals surface area contributed by atoms with Crippen molar-refractivity contribution in [2.24, 2.45) is 5.73 Å². The Kier molecular flexibility index (Phi) is 3.66. The van der Waals surface area contributed by atoms with Crippen molar-refractivity contribution in [3.63, 3.8) is 0 Å². The van der Waals surface area contributed by atoms with Gasteiger partial charge in [0.2, 0.25) is 0 Å². The van der Waals surface area contributed by atoms with Crippen molar-refractivity contribution >= 4 is 21.6 Å². The van der Waals surface area contributed by atoms with Crippen LogP contribution in [0.3, 0.4) is 0 Å². The molecule has 0 aromatic heterocycles. The molecule has 0 aliphatic carbocycles. The number of halogens is 1.